The Hall–Kier alpha value is -1.99. The van der Waals surface area contributed by atoms with Gasteiger partial charge in [0.1, 0.15) is 6.10 Å². The fourth-order valence-electron chi connectivity index (χ4n) is 2.74. The monoisotopic (exact) mass is 309 g/mol. The highest BCUT2D eigenvalue weighted by molar-refractivity contribution is 5.79. The number of carbonyl (C=O) groups is 1. The second-order valence-corrected chi connectivity index (χ2v) is 5.45. The summed E-state index contributed by atoms with van der Waals surface area (Å²) in [6.45, 7) is 5.05. The van der Waals surface area contributed by atoms with Crippen LogP contribution in [0.15, 0.2) is 24.3 Å². The second kappa shape index (κ2) is 5.66. The molecule has 0 saturated carbocycles. The number of carboxylic acids is 1. The van der Waals surface area contributed by atoms with E-state index in [1.807, 2.05) is 13.8 Å². The van der Waals surface area contributed by atoms with Crippen molar-refractivity contribution in [1.82, 2.24) is 0 Å². The highest BCUT2D eigenvalue weighted by Gasteiger charge is 2.59. The molecular weight excluding hydrogens is 290 g/mol. The lowest BCUT2D eigenvalue weighted by atomic mass is 9.92. The van der Waals surface area contributed by atoms with Crippen LogP contribution in [0.2, 0.25) is 0 Å². The van der Waals surface area contributed by atoms with Gasteiger partial charge in [-0.15, -0.1) is 0 Å². The maximum absolute atomic E-state index is 11.7. The van der Waals surface area contributed by atoms with Gasteiger partial charge >= 0.3 is 5.97 Å². The zero-order valence-electron chi connectivity index (χ0n) is 12.7. The smallest absolute Gasteiger partial charge is 0.338 e. The third-order valence-electron chi connectivity index (χ3n) is 4.15. The highest BCUT2D eigenvalue weighted by Crippen LogP contribution is 2.50. The van der Waals surface area contributed by atoms with E-state index in [-0.39, 0.29) is 11.3 Å². The van der Waals surface area contributed by atoms with Gasteiger partial charge in [-0.3, -0.25) is 10.1 Å². The van der Waals surface area contributed by atoms with Gasteiger partial charge in [-0.05, 0) is 25.8 Å². The van der Waals surface area contributed by atoms with Crippen molar-refractivity contribution in [3.05, 3.63) is 39.9 Å². The minimum absolute atomic E-state index is 0.174. The first-order valence-electron chi connectivity index (χ1n) is 7.14. The first kappa shape index (κ1) is 16.4. The number of hydrogen-bond donors (Lipinski definition) is 1. The Kier molecular flexibility index (Phi) is 4.21. The maximum Gasteiger partial charge on any atom is 0.338 e. The van der Waals surface area contributed by atoms with E-state index in [1.54, 1.807) is 6.07 Å². The van der Waals surface area contributed by atoms with Gasteiger partial charge in [0.2, 0.25) is 0 Å². The van der Waals surface area contributed by atoms with Gasteiger partial charge in [-0.2, -0.15) is 0 Å². The molecule has 7 nitrogen and oxygen atoms in total. The standard InChI is InChI=1S/C15H19NO6/c1-4-15(5-2)21-12(14(3,22-15)13(17)18)10-8-6-7-9-11(10)16(19)20/h6-9,12H,4-5H2,1-3H3,(H,17,18)/t12-,14+/m0/s1. The van der Waals surface area contributed by atoms with E-state index in [0.29, 0.717) is 12.8 Å². The molecule has 2 atom stereocenters. The Morgan fingerprint density at radius 3 is 2.45 bits per heavy atom. The van der Waals surface area contributed by atoms with Gasteiger partial charge in [0.25, 0.3) is 5.69 Å². The number of para-hydroxylation sites is 1. The van der Waals surface area contributed by atoms with Crippen LogP contribution in [-0.4, -0.2) is 27.4 Å². The van der Waals surface area contributed by atoms with E-state index < -0.39 is 28.4 Å². The molecule has 1 aromatic rings. The number of hydrogen-bond acceptors (Lipinski definition) is 5. The third kappa shape index (κ3) is 2.46. The van der Waals surface area contributed by atoms with E-state index in [4.69, 9.17) is 9.47 Å². The topological polar surface area (TPSA) is 98.9 Å². The Morgan fingerprint density at radius 1 is 1.36 bits per heavy atom. The van der Waals surface area contributed by atoms with E-state index in [9.17, 15) is 20.0 Å². The summed E-state index contributed by atoms with van der Waals surface area (Å²) < 4.78 is 11.6. The molecule has 0 unspecified atom stereocenters. The minimum atomic E-state index is -1.68. The highest BCUT2D eigenvalue weighted by atomic mass is 16.8. The van der Waals surface area contributed by atoms with Crippen LogP contribution in [0.25, 0.3) is 0 Å². The number of rotatable bonds is 5. The van der Waals surface area contributed by atoms with Crippen molar-refractivity contribution < 1.29 is 24.3 Å². The van der Waals surface area contributed by atoms with Crippen LogP contribution in [0.3, 0.4) is 0 Å². The molecule has 7 heteroatoms. The van der Waals surface area contributed by atoms with Gasteiger partial charge in [0, 0.05) is 6.07 Å². The Morgan fingerprint density at radius 2 is 1.95 bits per heavy atom. The van der Waals surface area contributed by atoms with Crippen molar-refractivity contribution >= 4 is 11.7 Å². The SMILES string of the molecule is CCC1(CC)O[C@@H](c2ccccc2[N+](=O)[O-])[C@](C)(C(=O)O)O1. The van der Waals surface area contributed by atoms with Gasteiger partial charge in [0.05, 0.1) is 10.5 Å². The fourth-order valence-corrected chi connectivity index (χ4v) is 2.74. The Bertz CT molecular complexity index is 597. The van der Waals surface area contributed by atoms with Crippen molar-refractivity contribution in [1.29, 1.82) is 0 Å². The van der Waals surface area contributed by atoms with Crippen LogP contribution in [0, 0.1) is 10.1 Å². The lowest BCUT2D eigenvalue weighted by Crippen LogP contribution is -2.42. The molecule has 0 spiro atoms. The van der Waals surface area contributed by atoms with Gasteiger partial charge in [-0.1, -0.05) is 26.0 Å². The van der Waals surface area contributed by atoms with Crippen LogP contribution >= 0.6 is 0 Å². The zero-order chi connectivity index (χ0) is 16.5. The van der Waals surface area contributed by atoms with Crippen molar-refractivity contribution in [3.8, 4) is 0 Å². The van der Waals surface area contributed by atoms with Crippen LogP contribution in [-0.2, 0) is 14.3 Å². The van der Waals surface area contributed by atoms with E-state index >= 15 is 0 Å². The number of nitrogens with zero attached hydrogens (tertiary/aromatic N) is 1. The molecule has 120 valence electrons. The van der Waals surface area contributed by atoms with Crippen molar-refractivity contribution in [2.75, 3.05) is 0 Å². The molecular formula is C15H19NO6. The average Bonchev–Trinajstić information content (AvgIpc) is 2.82. The van der Waals surface area contributed by atoms with Crippen molar-refractivity contribution in [3.63, 3.8) is 0 Å². The Balaban J connectivity index is 2.57. The normalized spacial score (nSPS) is 26.8. The molecule has 1 saturated heterocycles. The minimum Gasteiger partial charge on any atom is -0.479 e. The summed E-state index contributed by atoms with van der Waals surface area (Å²) in [5, 5.41) is 20.8. The molecule has 2 rings (SSSR count). The number of carboxylic acid groups (broad SMARTS) is 1. The molecule has 1 fully saturated rings. The summed E-state index contributed by atoms with van der Waals surface area (Å²) in [6, 6.07) is 5.99. The number of ether oxygens (including phenoxy) is 2. The summed E-state index contributed by atoms with van der Waals surface area (Å²) in [5.41, 5.74) is -1.65. The number of aliphatic carboxylic acids is 1. The zero-order valence-corrected chi connectivity index (χ0v) is 12.7. The molecule has 1 heterocycles. The summed E-state index contributed by atoms with van der Waals surface area (Å²) in [7, 11) is 0. The average molecular weight is 309 g/mol. The predicted octanol–water partition coefficient (Wildman–Crippen LogP) is 3.04. The van der Waals surface area contributed by atoms with E-state index in [1.165, 1.54) is 25.1 Å². The van der Waals surface area contributed by atoms with Crippen molar-refractivity contribution in [2.24, 2.45) is 0 Å². The van der Waals surface area contributed by atoms with Gasteiger partial charge in [0.15, 0.2) is 11.4 Å². The molecule has 1 aliphatic rings. The quantitative estimate of drug-likeness (QED) is 0.663. The molecule has 1 N–H and O–H groups in total. The number of nitro groups is 1. The molecule has 0 bridgehead atoms. The second-order valence-electron chi connectivity index (χ2n) is 5.45. The van der Waals surface area contributed by atoms with Crippen molar-refractivity contribution in [2.45, 2.75) is 51.1 Å². The predicted molar refractivity (Wildman–Crippen MR) is 77.4 cm³/mol. The third-order valence-corrected chi connectivity index (χ3v) is 4.15. The number of benzene rings is 1. The van der Waals surface area contributed by atoms with Crippen LogP contribution in [0.4, 0.5) is 5.69 Å². The summed E-state index contributed by atoms with van der Waals surface area (Å²) in [5.74, 6) is -2.26. The summed E-state index contributed by atoms with van der Waals surface area (Å²) in [6.07, 6.45) is -0.154. The molecule has 0 amide bonds. The first-order valence-corrected chi connectivity index (χ1v) is 7.14. The van der Waals surface area contributed by atoms with E-state index in [0.717, 1.165) is 0 Å². The fraction of sp³-hybridized carbons (Fsp3) is 0.533. The Labute approximate surface area is 128 Å². The van der Waals surface area contributed by atoms with Crippen LogP contribution in [0.5, 0.6) is 0 Å². The molecule has 0 aliphatic carbocycles. The van der Waals surface area contributed by atoms with Gasteiger partial charge < -0.3 is 14.6 Å². The molecule has 1 aromatic carbocycles. The molecule has 1 aliphatic heterocycles. The lowest BCUT2D eigenvalue weighted by Gasteiger charge is -2.26. The lowest BCUT2D eigenvalue weighted by molar-refractivity contribution is -0.386. The summed E-state index contributed by atoms with van der Waals surface area (Å²) >= 11 is 0. The largest absolute Gasteiger partial charge is 0.479 e. The van der Waals surface area contributed by atoms with E-state index in [2.05, 4.69) is 0 Å². The molecule has 22 heavy (non-hydrogen) atoms. The van der Waals surface area contributed by atoms with Crippen LogP contribution in [0.1, 0.15) is 45.3 Å². The number of nitro benzene ring substituents is 1. The molecule has 0 aromatic heterocycles. The molecule has 0 radical (unpaired) electrons. The van der Waals surface area contributed by atoms with Crippen LogP contribution < -0.4 is 0 Å². The summed E-state index contributed by atoms with van der Waals surface area (Å²) in [4.78, 5) is 22.4. The van der Waals surface area contributed by atoms with Gasteiger partial charge in [-0.25, -0.2) is 4.79 Å². The maximum atomic E-state index is 11.7. The first-order chi connectivity index (χ1) is 10.3.